The Bertz CT molecular complexity index is 1140. The van der Waals surface area contributed by atoms with Crippen LogP contribution >= 0.6 is 23.1 Å². The first-order valence-corrected chi connectivity index (χ1v) is 10.4. The van der Waals surface area contributed by atoms with Crippen LogP contribution in [-0.4, -0.2) is 21.1 Å². The van der Waals surface area contributed by atoms with Crippen LogP contribution in [0.25, 0.3) is 0 Å². The molecular formula is C19H13F4N5OS2. The SMILES string of the molecule is Cc1cc(C(F)(F)F)c(C#N)c(SCc2nnc(C(=O)NCc3ccc(F)cc3)s2)n1. The first kappa shape index (κ1) is 22.6. The van der Waals surface area contributed by atoms with Crippen molar-refractivity contribution < 1.29 is 22.4 Å². The monoisotopic (exact) mass is 467 g/mol. The van der Waals surface area contributed by atoms with Crippen molar-refractivity contribution in [2.45, 2.75) is 30.4 Å². The summed E-state index contributed by atoms with van der Waals surface area (Å²) in [7, 11) is 0. The van der Waals surface area contributed by atoms with Gasteiger partial charge in [-0.2, -0.15) is 18.4 Å². The van der Waals surface area contributed by atoms with Crippen molar-refractivity contribution in [1.29, 1.82) is 5.26 Å². The lowest BCUT2D eigenvalue weighted by Crippen LogP contribution is -2.22. The van der Waals surface area contributed by atoms with E-state index >= 15 is 0 Å². The molecule has 0 fully saturated rings. The Kier molecular flexibility index (Phi) is 6.87. The standard InChI is InChI=1S/C19H13F4N5OS2/c1-10-6-14(19(21,22)23)13(7-24)17(26-10)30-9-15-27-28-18(31-15)16(29)25-8-11-2-4-12(20)5-3-11/h2-6H,8-9H2,1H3,(H,25,29). The fourth-order valence-electron chi connectivity index (χ4n) is 2.47. The molecule has 2 heterocycles. The smallest absolute Gasteiger partial charge is 0.346 e. The van der Waals surface area contributed by atoms with Crippen molar-refractivity contribution in [3.63, 3.8) is 0 Å². The van der Waals surface area contributed by atoms with Gasteiger partial charge in [0.15, 0.2) is 0 Å². The molecule has 0 saturated heterocycles. The normalized spacial score (nSPS) is 11.2. The van der Waals surface area contributed by atoms with E-state index in [0.717, 1.165) is 29.2 Å². The molecule has 3 aromatic rings. The van der Waals surface area contributed by atoms with Crippen molar-refractivity contribution in [1.82, 2.24) is 20.5 Å². The average molecular weight is 467 g/mol. The molecule has 0 aliphatic carbocycles. The Hall–Kier alpha value is -3.04. The van der Waals surface area contributed by atoms with E-state index in [1.54, 1.807) is 6.07 Å². The molecule has 1 N–H and O–H groups in total. The number of rotatable bonds is 6. The van der Waals surface area contributed by atoms with Crippen molar-refractivity contribution in [2.75, 3.05) is 0 Å². The molecule has 0 saturated carbocycles. The number of carbonyl (C=O) groups excluding carboxylic acids is 1. The molecule has 0 aliphatic rings. The van der Waals surface area contributed by atoms with Crippen LogP contribution in [0.1, 0.15) is 37.2 Å². The predicted octanol–water partition coefficient (Wildman–Crippen LogP) is 4.49. The number of thioether (sulfide) groups is 1. The Morgan fingerprint density at radius 1 is 1.26 bits per heavy atom. The van der Waals surface area contributed by atoms with E-state index in [1.165, 1.54) is 31.2 Å². The summed E-state index contributed by atoms with van der Waals surface area (Å²) in [6, 6.07) is 8.03. The number of nitrogens with one attached hydrogen (secondary N) is 1. The van der Waals surface area contributed by atoms with Gasteiger partial charge < -0.3 is 5.32 Å². The molecular weight excluding hydrogens is 454 g/mol. The lowest BCUT2D eigenvalue weighted by molar-refractivity contribution is -0.138. The third kappa shape index (κ3) is 5.77. The highest BCUT2D eigenvalue weighted by molar-refractivity contribution is 7.98. The van der Waals surface area contributed by atoms with Crippen LogP contribution in [0.15, 0.2) is 35.4 Å². The molecule has 0 bridgehead atoms. The molecule has 6 nitrogen and oxygen atoms in total. The van der Waals surface area contributed by atoms with Crippen molar-refractivity contribution in [3.05, 3.63) is 68.5 Å². The van der Waals surface area contributed by atoms with Crippen LogP contribution in [0.5, 0.6) is 0 Å². The third-order valence-corrected chi connectivity index (χ3v) is 5.98. The van der Waals surface area contributed by atoms with Gasteiger partial charge in [-0.3, -0.25) is 4.79 Å². The number of amides is 1. The summed E-state index contributed by atoms with van der Waals surface area (Å²) in [4.78, 5) is 16.2. The Morgan fingerprint density at radius 3 is 2.61 bits per heavy atom. The van der Waals surface area contributed by atoms with Gasteiger partial charge in [0, 0.05) is 12.2 Å². The number of aryl methyl sites for hydroxylation is 1. The highest BCUT2D eigenvalue weighted by Crippen LogP contribution is 2.36. The number of nitrogens with zero attached hydrogens (tertiary/aromatic N) is 4. The first-order chi connectivity index (χ1) is 14.7. The molecule has 0 atom stereocenters. The number of benzene rings is 1. The van der Waals surface area contributed by atoms with Crippen LogP contribution in [0.4, 0.5) is 17.6 Å². The minimum atomic E-state index is -4.67. The zero-order valence-electron chi connectivity index (χ0n) is 15.8. The summed E-state index contributed by atoms with van der Waals surface area (Å²) in [5.74, 6) is -0.777. The van der Waals surface area contributed by atoms with Crippen molar-refractivity contribution in [2.24, 2.45) is 0 Å². The zero-order valence-corrected chi connectivity index (χ0v) is 17.5. The summed E-state index contributed by atoms with van der Waals surface area (Å²) >= 11 is 1.89. The van der Waals surface area contributed by atoms with Gasteiger partial charge in [-0.25, -0.2) is 9.37 Å². The zero-order chi connectivity index (χ0) is 22.6. The van der Waals surface area contributed by atoms with E-state index in [2.05, 4.69) is 20.5 Å². The Balaban J connectivity index is 1.66. The summed E-state index contributed by atoms with van der Waals surface area (Å²) in [5, 5.41) is 19.9. The second-order valence-electron chi connectivity index (χ2n) is 6.20. The third-order valence-electron chi connectivity index (χ3n) is 3.89. The average Bonchev–Trinajstić information content (AvgIpc) is 3.19. The van der Waals surface area contributed by atoms with Crippen molar-refractivity contribution >= 4 is 29.0 Å². The minimum absolute atomic E-state index is 0.0627. The fourth-order valence-corrected chi connectivity index (χ4v) is 4.26. The maximum absolute atomic E-state index is 13.2. The second-order valence-corrected chi connectivity index (χ2v) is 8.23. The van der Waals surface area contributed by atoms with Gasteiger partial charge in [0.2, 0.25) is 5.01 Å². The van der Waals surface area contributed by atoms with Crippen LogP contribution in [0.3, 0.4) is 0 Å². The molecule has 0 unspecified atom stereocenters. The second kappa shape index (κ2) is 9.40. The molecule has 0 radical (unpaired) electrons. The molecule has 1 amide bonds. The van der Waals surface area contributed by atoms with E-state index in [-0.39, 0.29) is 33.8 Å². The molecule has 0 aliphatic heterocycles. The topological polar surface area (TPSA) is 91.6 Å². The summed E-state index contributed by atoms with van der Waals surface area (Å²) in [6.07, 6.45) is -4.67. The van der Waals surface area contributed by atoms with E-state index < -0.39 is 23.2 Å². The van der Waals surface area contributed by atoms with Gasteiger partial charge in [0.05, 0.1) is 16.9 Å². The molecule has 12 heteroatoms. The fraction of sp³-hybridized carbons (Fsp3) is 0.211. The van der Waals surface area contributed by atoms with Gasteiger partial charge in [0.25, 0.3) is 5.91 Å². The van der Waals surface area contributed by atoms with E-state index in [1.807, 2.05) is 0 Å². The van der Waals surface area contributed by atoms with Crippen LogP contribution in [0.2, 0.25) is 0 Å². The number of nitriles is 1. The molecule has 1 aromatic carbocycles. The lowest BCUT2D eigenvalue weighted by atomic mass is 10.1. The predicted molar refractivity (Wildman–Crippen MR) is 106 cm³/mol. The number of aromatic nitrogens is 3. The Labute approximate surface area is 182 Å². The Morgan fingerprint density at radius 2 is 1.97 bits per heavy atom. The molecule has 3 rings (SSSR count). The number of pyridine rings is 1. The molecule has 31 heavy (non-hydrogen) atoms. The molecule has 0 spiro atoms. The minimum Gasteiger partial charge on any atom is -0.346 e. The van der Waals surface area contributed by atoms with Crippen LogP contribution in [-0.2, 0) is 18.5 Å². The number of carbonyl (C=O) groups is 1. The number of hydrogen-bond acceptors (Lipinski definition) is 7. The summed E-state index contributed by atoms with van der Waals surface area (Å²) in [6.45, 7) is 1.58. The first-order valence-electron chi connectivity index (χ1n) is 8.64. The number of halogens is 4. The highest BCUT2D eigenvalue weighted by atomic mass is 32.2. The largest absolute Gasteiger partial charge is 0.417 e. The maximum Gasteiger partial charge on any atom is 0.417 e. The van der Waals surface area contributed by atoms with Crippen LogP contribution in [0, 0.1) is 24.1 Å². The van der Waals surface area contributed by atoms with Gasteiger partial charge in [0.1, 0.15) is 21.9 Å². The van der Waals surface area contributed by atoms with Crippen molar-refractivity contribution in [3.8, 4) is 6.07 Å². The van der Waals surface area contributed by atoms with Gasteiger partial charge >= 0.3 is 6.18 Å². The molecule has 160 valence electrons. The van der Waals surface area contributed by atoms with Gasteiger partial charge in [-0.05, 0) is 30.7 Å². The van der Waals surface area contributed by atoms with E-state index in [4.69, 9.17) is 0 Å². The number of hydrogen-bond donors (Lipinski definition) is 1. The quantitative estimate of drug-likeness (QED) is 0.424. The number of alkyl halides is 3. The summed E-state index contributed by atoms with van der Waals surface area (Å²) in [5.41, 5.74) is -0.759. The maximum atomic E-state index is 13.2. The lowest BCUT2D eigenvalue weighted by Gasteiger charge is -2.12. The van der Waals surface area contributed by atoms with Crippen LogP contribution < -0.4 is 5.32 Å². The molecule has 2 aromatic heterocycles. The highest BCUT2D eigenvalue weighted by Gasteiger charge is 2.35. The van der Waals surface area contributed by atoms with E-state index in [0.29, 0.717) is 10.6 Å². The van der Waals surface area contributed by atoms with Gasteiger partial charge in [-0.15, -0.1) is 10.2 Å². The van der Waals surface area contributed by atoms with E-state index in [9.17, 15) is 27.6 Å². The summed E-state index contributed by atoms with van der Waals surface area (Å²) < 4.78 is 52.5. The van der Waals surface area contributed by atoms with Gasteiger partial charge in [-0.1, -0.05) is 35.2 Å².